The summed E-state index contributed by atoms with van der Waals surface area (Å²) in [5, 5.41) is 0. The molecule has 122 valence electrons. The van der Waals surface area contributed by atoms with Gasteiger partial charge in [0.05, 0.1) is 31.8 Å². The van der Waals surface area contributed by atoms with Crippen LogP contribution in [0.4, 0.5) is 0 Å². The van der Waals surface area contributed by atoms with Crippen LogP contribution < -0.4 is 0 Å². The van der Waals surface area contributed by atoms with Crippen LogP contribution in [-0.4, -0.2) is 61.5 Å². The predicted molar refractivity (Wildman–Crippen MR) is 80.3 cm³/mol. The van der Waals surface area contributed by atoms with Crippen molar-refractivity contribution in [3.63, 3.8) is 0 Å². The van der Waals surface area contributed by atoms with Crippen LogP contribution in [0.2, 0.25) is 0 Å². The van der Waals surface area contributed by atoms with Gasteiger partial charge >= 0.3 is 5.97 Å². The maximum Gasteiger partial charge on any atom is 0.307 e. The summed E-state index contributed by atoms with van der Waals surface area (Å²) in [4.78, 5) is 14.6. The van der Waals surface area contributed by atoms with Crippen molar-refractivity contribution in [3.05, 3.63) is 0 Å². The molecule has 2 saturated heterocycles. The fourth-order valence-electron chi connectivity index (χ4n) is 3.60. The second kappa shape index (κ2) is 7.07. The van der Waals surface area contributed by atoms with Crippen molar-refractivity contribution >= 4 is 5.97 Å². The first-order valence-electron chi connectivity index (χ1n) is 8.16. The Bertz CT molecular complexity index is 356. The maximum atomic E-state index is 12.1. The first-order valence-corrected chi connectivity index (χ1v) is 8.16. The van der Waals surface area contributed by atoms with Crippen molar-refractivity contribution in [2.24, 2.45) is 0 Å². The molecule has 2 rings (SSSR count). The largest absolute Gasteiger partial charge is 0.466 e. The molecule has 0 aromatic heterocycles. The molecular weight excluding hydrogens is 270 g/mol. The van der Waals surface area contributed by atoms with Gasteiger partial charge in [-0.2, -0.15) is 0 Å². The minimum atomic E-state index is -0.150. The minimum absolute atomic E-state index is 0.0932. The summed E-state index contributed by atoms with van der Waals surface area (Å²) in [6.07, 6.45) is 3.19. The number of carbonyl (C=O) groups excluding carboxylic acids is 1. The van der Waals surface area contributed by atoms with E-state index < -0.39 is 0 Å². The van der Waals surface area contributed by atoms with E-state index in [1.54, 1.807) is 0 Å². The molecule has 0 radical (unpaired) electrons. The maximum absolute atomic E-state index is 12.1. The smallest absolute Gasteiger partial charge is 0.307 e. The van der Waals surface area contributed by atoms with E-state index in [0.717, 1.165) is 45.6 Å². The molecule has 2 atom stereocenters. The van der Waals surface area contributed by atoms with E-state index in [-0.39, 0.29) is 17.1 Å². The van der Waals surface area contributed by atoms with Crippen molar-refractivity contribution in [2.75, 3.05) is 39.5 Å². The topological polar surface area (TPSA) is 48.0 Å². The van der Waals surface area contributed by atoms with E-state index in [4.69, 9.17) is 14.2 Å². The van der Waals surface area contributed by atoms with Crippen LogP contribution in [0.25, 0.3) is 0 Å². The summed E-state index contributed by atoms with van der Waals surface area (Å²) in [6.45, 7) is 10.6. The molecule has 0 aromatic rings. The number of hydrogen-bond donors (Lipinski definition) is 0. The second-order valence-corrected chi connectivity index (χ2v) is 6.38. The fourth-order valence-corrected chi connectivity index (χ4v) is 3.60. The van der Waals surface area contributed by atoms with Gasteiger partial charge in [0, 0.05) is 25.2 Å². The van der Waals surface area contributed by atoms with Crippen LogP contribution in [0.1, 0.15) is 46.5 Å². The lowest BCUT2D eigenvalue weighted by Gasteiger charge is -2.52. The zero-order chi connectivity index (χ0) is 15.3. The summed E-state index contributed by atoms with van der Waals surface area (Å²) in [7, 11) is 0. The molecule has 2 aliphatic rings. The first-order chi connectivity index (χ1) is 10.0. The van der Waals surface area contributed by atoms with Gasteiger partial charge in [0.2, 0.25) is 0 Å². The molecule has 0 aromatic carbocycles. The molecule has 0 N–H and O–H groups in total. The number of carbonyl (C=O) groups is 1. The van der Waals surface area contributed by atoms with E-state index in [0.29, 0.717) is 19.6 Å². The number of esters is 1. The predicted octanol–water partition coefficient (Wildman–Crippen LogP) is 1.99. The molecule has 2 heterocycles. The highest BCUT2D eigenvalue weighted by Crippen LogP contribution is 2.41. The zero-order valence-corrected chi connectivity index (χ0v) is 13.7. The van der Waals surface area contributed by atoms with Gasteiger partial charge < -0.3 is 14.2 Å². The van der Waals surface area contributed by atoms with E-state index in [9.17, 15) is 4.79 Å². The van der Waals surface area contributed by atoms with Crippen LogP contribution in [0.15, 0.2) is 0 Å². The van der Waals surface area contributed by atoms with Gasteiger partial charge in [0.25, 0.3) is 0 Å². The van der Waals surface area contributed by atoms with E-state index >= 15 is 0 Å². The van der Waals surface area contributed by atoms with Crippen LogP contribution >= 0.6 is 0 Å². The third kappa shape index (κ3) is 3.96. The summed E-state index contributed by atoms with van der Waals surface area (Å²) in [5.74, 6) is -0.0932. The molecule has 5 heteroatoms. The molecule has 5 nitrogen and oxygen atoms in total. The summed E-state index contributed by atoms with van der Waals surface area (Å²) in [6, 6.07) is 0. The Morgan fingerprint density at radius 2 is 1.95 bits per heavy atom. The lowest BCUT2D eigenvalue weighted by Crippen LogP contribution is -2.60. The van der Waals surface area contributed by atoms with Gasteiger partial charge in [0.15, 0.2) is 0 Å². The highest BCUT2D eigenvalue weighted by atomic mass is 16.5. The molecular formula is C16H29NO4. The van der Waals surface area contributed by atoms with Gasteiger partial charge in [0.1, 0.15) is 0 Å². The average molecular weight is 299 g/mol. The number of rotatable bonds is 5. The Labute approximate surface area is 127 Å². The molecule has 2 unspecified atom stereocenters. The molecule has 2 fully saturated rings. The number of ether oxygens (including phenoxy) is 3. The Morgan fingerprint density at radius 3 is 2.57 bits per heavy atom. The normalized spacial score (nSPS) is 34.6. The lowest BCUT2D eigenvalue weighted by molar-refractivity contribution is -0.165. The first kappa shape index (κ1) is 16.7. The Kier molecular flexibility index (Phi) is 5.63. The van der Waals surface area contributed by atoms with Crippen molar-refractivity contribution in [1.82, 2.24) is 4.90 Å². The molecule has 0 aliphatic carbocycles. The average Bonchev–Trinajstić information content (AvgIpc) is 2.48. The van der Waals surface area contributed by atoms with E-state index in [1.807, 2.05) is 6.92 Å². The standard InChI is InChI=1S/C16H29NO4/c1-4-15(3)13-16(6-9-21-15,12-14(18)20-5-2)17-7-10-19-11-8-17/h4-13H2,1-3H3. The molecule has 0 amide bonds. The molecule has 0 bridgehead atoms. The monoisotopic (exact) mass is 299 g/mol. The second-order valence-electron chi connectivity index (χ2n) is 6.38. The van der Waals surface area contributed by atoms with Crippen LogP contribution in [-0.2, 0) is 19.0 Å². The Balaban J connectivity index is 2.18. The fraction of sp³-hybridized carbons (Fsp3) is 0.938. The van der Waals surface area contributed by atoms with Gasteiger partial charge in [-0.3, -0.25) is 9.69 Å². The van der Waals surface area contributed by atoms with Crippen molar-refractivity contribution in [1.29, 1.82) is 0 Å². The SMILES string of the molecule is CCOC(=O)CC1(N2CCOCC2)CCOC(C)(CC)C1. The van der Waals surface area contributed by atoms with Crippen molar-refractivity contribution < 1.29 is 19.0 Å². The van der Waals surface area contributed by atoms with Crippen molar-refractivity contribution in [2.45, 2.75) is 57.6 Å². The van der Waals surface area contributed by atoms with Crippen LogP contribution in [0, 0.1) is 0 Å². The molecule has 2 aliphatic heterocycles. The van der Waals surface area contributed by atoms with Gasteiger partial charge in [-0.15, -0.1) is 0 Å². The highest BCUT2D eigenvalue weighted by molar-refractivity contribution is 5.71. The summed E-state index contributed by atoms with van der Waals surface area (Å²) < 4.78 is 16.7. The Morgan fingerprint density at radius 1 is 1.24 bits per heavy atom. The molecule has 21 heavy (non-hydrogen) atoms. The molecule has 0 saturated carbocycles. The Hall–Kier alpha value is -0.650. The van der Waals surface area contributed by atoms with Crippen LogP contribution in [0.3, 0.4) is 0 Å². The highest BCUT2D eigenvalue weighted by Gasteiger charge is 2.47. The third-order valence-electron chi connectivity index (χ3n) is 4.93. The molecule has 0 spiro atoms. The quantitative estimate of drug-likeness (QED) is 0.727. The third-order valence-corrected chi connectivity index (χ3v) is 4.93. The number of nitrogens with zero attached hydrogens (tertiary/aromatic N) is 1. The van der Waals surface area contributed by atoms with Gasteiger partial charge in [-0.05, 0) is 33.1 Å². The van der Waals surface area contributed by atoms with Crippen LogP contribution in [0.5, 0.6) is 0 Å². The minimum Gasteiger partial charge on any atom is -0.466 e. The van der Waals surface area contributed by atoms with E-state index in [1.165, 1.54) is 0 Å². The van der Waals surface area contributed by atoms with Crippen molar-refractivity contribution in [3.8, 4) is 0 Å². The zero-order valence-electron chi connectivity index (χ0n) is 13.7. The lowest BCUT2D eigenvalue weighted by atomic mass is 9.75. The number of morpholine rings is 1. The summed E-state index contributed by atoms with van der Waals surface area (Å²) >= 11 is 0. The number of hydrogen-bond acceptors (Lipinski definition) is 5. The van der Waals surface area contributed by atoms with E-state index in [2.05, 4.69) is 18.7 Å². The summed E-state index contributed by atoms with van der Waals surface area (Å²) in [5.41, 5.74) is -0.290. The van der Waals surface area contributed by atoms with Gasteiger partial charge in [-0.1, -0.05) is 6.92 Å². The van der Waals surface area contributed by atoms with Gasteiger partial charge in [-0.25, -0.2) is 0 Å².